The van der Waals surface area contributed by atoms with E-state index in [-0.39, 0.29) is 6.03 Å². The van der Waals surface area contributed by atoms with Gasteiger partial charge in [-0.3, -0.25) is 4.98 Å². The van der Waals surface area contributed by atoms with Crippen LogP contribution in [0.1, 0.15) is 11.3 Å². The summed E-state index contributed by atoms with van der Waals surface area (Å²) in [7, 11) is 0. The molecule has 25 heavy (non-hydrogen) atoms. The van der Waals surface area contributed by atoms with Gasteiger partial charge in [-0.25, -0.2) is 14.8 Å². The van der Waals surface area contributed by atoms with Gasteiger partial charge in [0.25, 0.3) is 0 Å². The molecule has 2 amide bonds. The maximum absolute atomic E-state index is 11.9. The molecule has 0 fully saturated rings. The Morgan fingerprint density at radius 3 is 2.64 bits per heavy atom. The molecule has 0 bridgehead atoms. The highest BCUT2D eigenvalue weighted by Gasteiger charge is 2.04. The van der Waals surface area contributed by atoms with Gasteiger partial charge in [0, 0.05) is 42.1 Å². The topological polar surface area (TPSA) is 79.8 Å². The lowest BCUT2D eigenvalue weighted by atomic mass is 10.2. The third-order valence-electron chi connectivity index (χ3n) is 3.62. The molecule has 0 saturated heterocycles. The van der Waals surface area contributed by atoms with Crippen molar-refractivity contribution in [3.63, 3.8) is 0 Å². The van der Waals surface area contributed by atoms with Gasteiger partial charge in [0.1, 0.15) is 0 Å². The summed E-state index contributed by atoms with van der Waals surface area (Å²) in [6, 6.07) is 12.9. The Labute approximate surface area is 146 Å². The second kappa shape index (κ2) is 8.01. The number of amides is 2. The number of hydrogen-bond acceptors (Lipinski definition) is 4. The SMILES string of the molecule is Cc1ccnc(-c2ccc(NC(=O)NCCc3cccnc3)cc2)n1. The van der Waals surface area contributed by atoms with Crippen LogP contribution in [0.15, 0.2) is 61.1 Å². The standard InChI is InChI=1S/C19H19N5O/c1-14-8-11-21-18(23-14)16-4-6-17(7-5-16)24-19(25)22-12-9-15-3-2-10-20-13-15/h2-8,10-11,13H,9,12H2,1H3,(H2,22,24,25). The maximum atomic E-state index is 11.9. The Morgan fingerprint density at radius 2 is 1.92 bits per heavy atom. The Bertz CT molecular complexity index is 834. The third kappa shape index (κ3) is 4.84. The molecule has 0 saturated carbocycles. The summed E-state index contributed by atoms with van der Waals surface area (Å²) in [6.07, 6.45) is 6.01. The van der Waals surface area contributed by atoms with Crippen molar-refractivity contribution in [3.05, 3.63) is 72.3 Å². The van der Waals surface area contributed by atoms with Crippen LogP contribution < -0.4 is 10.6 Å². The van der Waals surface area contributed by atoms with Crippen LogP contribution in [-0.2, 0) is 6.42 Å². The summed E-state index contributed by atoms with van der Waals surface area (Å²) in [5.41, 5.74) is 3.63. The van der Waals surface area contributed by atoms with Crippen molar-refractivity contribution in [2.45, 2.75) is 13.3 Å². The normalized spacial score (nSPS) is 10.3. The average Bonchev–Trinajstić information content (AvgIpc) is 2.63. The van der Waals surface area contributed by atoms with Crippen molar-refractivity contribution < 1.29 is 4.79 Å². The summed E-state index contributed by atoms with van der Waals surface area (Å²) < 4.78 is 0. The fourth-order valence-electron chi connectivity index (χ4n) is 2.33. The highest BCUT2D eigenvalue weighted by molar-refractivity contribution is 5.89. The lowest BCUT2D eigenvalue weighted by molar-refractivity contribution is 0.252. The fraction of sp³-hybridized carbons (Fsp3) is 0.158. The number of hydrogen-bond donors (Lipinski definition) is 2. The maximum Gasteiger partial charge on any atom is 0.319 e. The number of nitrogens with zero attached hydrogens (tertiary/aromatic N) is 3. The predicted molar refractivity (Wildman–Crippen MR) is 97.2 cm³/mol. The quantitative estimate of drug-likeness (QED) is 0.751. The minimum atomic E-state index is -0.233. The number of urea groups is 1. The van der Waals surface area contributed by atoms with Crippen LogP contribution in [0.25, 0.3) is 11.4 Å². The van der Waals surface area contributed by atoms with Gasteiger partial charge in [-0.15, -0.1) is 0 Å². The summed E-state index contributed by atoms with van der Waals surface area (Å²) >= 11 is 0. The number of carbonyl (C=O) groups excluding carboxylic acids is 1. The number of pyridine rings is 1. The van der Waals surface area contributed by atoms with Crippen molar-refractivity contribution >= 4 is 11.7 Å². The van der Waals surface area contributed by atoms with Crippen LogP contribution in [0.2, 0.25) is 0 Å². The molecule has 0 aliphatic heterocycles. The third-order valence-corrected chi connectivity index (χ3v) is 3.62. The smallest absolute Gasteiger partial charge is 0.319 e. The van der Waals surface area contributed by atoms with Crippen LogP contribution in [-0.4, -0.2) is 27.5 Å². The first kappa shape index (κ1) is 16.6. The lowest BCUT2D eigenvalue weighted by Gasteiger charge is -2.08. The molecule has 2 aromatic heterocycles. The molecule has 126 valence electrons. The molecule has 0 radical (unpaired) electrons. The van der Waals surface area contributed by atoms with Crippen LogP contribution in [0.4, 0.5) is 10.5 Å². The Hall–Kier alpha value is -3.28. The van der Waals surface area contributed by atoms with Crippen molar-refractivity contribution in [2.75, 3.05) is 11.9 Å². The zero-order chi connectivity index (χ0) is 17.5. The van der Waals surface area contributed by atoms with E-state index >= 15 is 0 Å². The molecule has 0 spiro atoms. The van der Waals surface area contributed by atoms with E-state index in [0.29, 0.717) is 12.4 Å². The first-order valence-corrected chi connectivity index (χ1v) is 8.04. The number of aryl methyl sites for hydroxylation is 1. The summed E-state index contributed by atoms with van der Waals surface area (Å²) in [4.78, 5) is 24.6. The van der Waals surface area contributed by atoms with Crippen LogP contribution in [0.3, 0.4) is 0 Å². The number of nitrogens with one attached hydrogen (secondary N) is 2. The van der Waals surface area contributed by atoms with Crippen molar-refractivity contribution in [2.24, 2.45) is 0 Å². The van der Waals surface area contributed by atoms with Gasteiger partial charge in [0.2, 0.25) is 0 Å². The number of benzene rings is 1. The van der Waals surface area contributed by atoms with Gasteiger partial charge < -0.3 is 10.6 Å². The summed E-state index contributed by atoms with van der Waals surface area (Å²) in [5, 5.41) is 5.64. The average molecular weight is 333 g/mol. The molecule has 3 aromatic rings. The molecule has 6 heteroatoms. The van der Waals surface area contributed by atoms with E-state index in [9.17, 15) is 4.79 Å². The first-order chi connectivity index (χ1) is 12.2. The van der Waals surface area contributed by atoms with Gasteiger partial charge in [0.05, 0.1) is 0 Å². The molecular formula is C19H19N5O. The van der Waals surface area contributed by atoms with Crippen molar-refractivity contribution in [1.82, 2.24) is 20.3 Å². The van der Waals surface area contributed by atoms with Gasteiger partial charge in [-0.2, -0.15) is 0 Å². The second-order valence-corrected chi connectivity index (χ2v) is 5.59. The highest BCUT2D eigenvalue weighted by atomic mass is 16.2. The molecular weight excluding hydrogens is 314 g/mol. The van der Waals surface area contributed by atoms with Crippen molar-refractivity contribution in [1.29, 1.82) is 0 Å². The Morgan fingerprint density at radius 1 is 1.08 bits per heavy atom. The van der Waals surface area contributed by atoms with Crippen LogP contribution in [0, 0.1) is 6.92 Å². The zero-order valence-electron chi connectivity index (χ0n) is 13.9. The Kier molecular flexibility index (Phi) is 5.31. The number of anilines is 1. The lowest BCUT2D eigenvalue weighted by Crippen LogP contribution is -2.30. The number of carbonyl (C=O) groups is 1. The molecule has 0 aliphatic rings. The molecule has 6 nitrogen and oxygen atoms in total. The Balaban J connectivity index is 1.51. The molecule has 1 aromatic carbocycles. The zero-order valence-corrected chi connectivity index (χ0v) is 13.9. The predicted octanol–water partition coefficient (Wildman–Crippen LogP) is 3.21. The molecule has 0 aliphatic carbocycles. The molecule has 2 N–H and O–H groups in total. The second-order valence-electron chi connectivity index (χ2n) is 5.59. The summed E-state index contributed by atoms with van der Waals surface area (Å²) in [5.74, 6) is 0.674. The number of aromatic nitrogens is 3. The summed E-state index contributed by atoms with van der Waals surface area (Å²) in [6.45, 7) is 2.48. The van der Waals surface area contributed by atoms with E-state index < -0.39 is 0 Å². The first-order valence-electron chi connectivity index (χ1n) is 8.04. The van der Waals surface area contributed by atoms with Gasteiger partial charge >= 0.3 is 6.03 Å². The molecule has 3 rings (SSSR count). The van der Waals surface area contributed by atoms with E-state index in [1.54, 1.807) is 18.6 Å². The van der Waals surface area contributed by atoms with Crippen LogP contribution in [0.5, 0.6) is 0 Å². The van der Waals surface area contributed by atoms with Crippen molar-refractivity contribution in [3.8, 4) is 11.4 Å². The molecule has 0 atom stereocenters. The van der Waals surface area contributed by atoms with Crippen LogP contribution >= 0.6 is 0 Å². The number of rotatable bonds is 5. The van der Waals surface area contributed by atoms with Gasteiger partial charge in [0.15, 0.2) is 5.82 Å². The molecule has 2 heterocycles. The van der Waals surface area contributed by atoms with E-state index in [0.717, 1.165) is 28.9 Å². The van der Waals surface area contributed by atoms with E-state index in [4.69, 9.17) is 0 Å². The van der Waals surface area contributed by atoms with Gasteiger partial charge in [-0.05, 0) is 55.3 Å². The fourth-order valence-corrected chi connectivity index (χ4v) is 2.33. The highest BCUT2D eigenvalue weighted by Crippen LogP contribution is 2.17. The van der Waals surface area contributed by atoms with E-state index in [1.807, 2.05) is 49.4 Å². The monoisotopic (exact) mass is 333 g/mol. The minimum Gasteiger partial charge on any atom is -0.338 e. The largest absolute Gasteiger partial charge is 0.338 e. The van der Waals surface area contributed by atoms with E-state index in [1.165, 1.54) is 0 Å². The van der Waals surface area contributed by atoms with Gasteiger partial charge in [-0.1, -0.05) is 6.07 Å². The molecule has 0 unspecified atom stereocenters. The minimum absolute atomic E-state index is 0.233. The van der Waals surface area contributed by atoms with E-state index in [2.05, 4.69) is 25.6 Å².